The molecule has 1 fully saturated rings. The molecule has 0 aliphatic heterocycles. The number of nitro groups is 1. The normalized spacial score (nSPS) is 16.7. The summed E-state index contributed by atoms with van der Waals surface area (Å²) in [6, 6.07) is 0.595. The number of aromatic nitrogens is 2. The number of rotatable bonds is 6. The van der Waals surface area contributed by atoms with Gasteiger partial charge < -0.3 is 10.6 Å². The highest BCUT2D eigenvalue weighted by Gasteiger charge is 2.23. The van der Waals surface area contributed by atoms with E-state index >= 15 is 0 Å². The zero-order chi connectivity index (χ0) is 15.2. The van der Waals surface area contributed by atoms with Crippen LogP contribution in [-0.2, 0) is 7.05 Å². The lowest BCUT2D eigenvalue weighted by Crippen LogP contribution is -2.32. The van der Waals surface area contributed by atoms with Gasteiger partial charge >= 0.3 is 5.69 Å². The van der Waals surface area contributed by atoms with Gasteiger partial charge in [-0.1, -0.05) is 25.7 Å². The Morgan fingerprint density at radius 3 is 2.57 bits per heavy atom. The summed E-state index contributed by atoms with van der Waals surface area (Å²) in [7, 11) is 1.72. The SMILES string of the molecule is Cc1nn(C)c(NCCNC2CCCCCC2)c1[N+](=O)[O-]. The van der Waals surface area contributed by atoms with Crippen LogP contribution in [0.4, 0.5) is 11.5 Å². The van der Waals surface area contributed by atoms with Crippen molar-refractivity contribution in [2.75, 3.05) is 18.4 Å². The second kappa shape index (κ2) is 7.40. The number of aryl methyl sites for hydroxylation is 2. The molecule has 0 saturated heterocycles. The Morgan fingerprint density at radius 1 is 1.29 bits per heavy atom. The zero-order valence-electron chi connectivity index (χ0n) is 12.9. The minimum atomic E-state index is -0.372. The van der Waals surface area contributed by atoms with Gasteiger partial charge in [0.1, 0.15) is 5.69 Å². The summed E-state index contributed by atoms with van der Waals surface area (Å²) in [5, 5.41) is 21.9. The molecule has 2 N–H and O–H groups in total. The van der Waals surface area contributed by atoms with E-state index < -0.39 is 0 Å². The number of hydrogen-bond acceptors (Lipinski definition) is 5. The van der Waals surface area contributed by atoms with Crippen LogP contribution in [0, 0.1) is 17.0 Å². The third-order valence-electron chi connectivity index (χ3n) is 4.08. The molecule has 0 spiro atoms. The van der Waals surface area contributed by atoms with Crippen molar-refractivity contribution in [3.63, 3.8) is 0 Å². The topological polar surface area (TPSA) is 85.0 Å². The van der Waals surface area contributed by atoms with E-state index in [2.05, 4.69) is 15.7 Å². The zero-order valence-corrected chi connectivity index (χ0v) is 12.9. The van der Waals surface area contributed by atoms with Crippen LogP contribution in [-0.4, -0.2) is 33.8 Å². The summed E-state index contributed by atoms with van der Waals surface area (Å²) in [6.45, 7) is 3.13. The van der Waals surface area contributed by atoms with E-state index in [1.807, 2.05) is 0 Å². The van der Waals surface area contributed by atoms with Gasteiger partial charge in [0.05, 0.1) is 4.92 Å². The molecule has 1 heterocycles. The van der Waals surface area contributed by atoms with Crippen LogP contribution in [0.25, 0.3) is 0 Å². The molecule has 1 aromatic heterocycles. The summed E-state index contributed by atoms with van der Waals surface area (Å²) in [5.41, 5.74) is 0.522. The van der Waals surface area contributed by atoms with Gasteiger partial charge in [-0.15, -0.1) is 0 Å². The van der Waals surface area contributed by atoms with Crippen LogP contribution >= 0.6 is 0 Å². The molecule has 1 saturated carbocycles. The maximum Gasteiger partial charge on any atom is 0.333 e. The summed E-state index contributed by atoms with van der Waals surface area (Å²) >= 11 is 0. The molecule has 1 aliphatic carbocycles. The van der Waals surface area contributed by atoms with Crippen LogP contribution < -0.4 is 10.6 Å². The van der Waals surface area contributed by atoms with E-state index in [-0.39, 0.29) is 10.6 Å². The smallest absolute Gasteiger partial charge is 0.333 e. The monoisotopic (exact) mass is 295 g/mol. The second-order valence-corrected chi connectivity index (χ2v) is 5.73. The lowest BCUT2D eigenvalue weighted by molar-refractivity contribution is -0.384. The summed E-state index contributed by atoms with van der Waals surface area (Å²) in [6.07, 6.45) is 7.78. The quantitative estimate of drug-likeness (QED) is 0.364. The Balaban J connectivity index is 1.82. The molecule has 2 rings (SSSR count). The largest absolute Gasteiger partial charge is 0.363 e. The van der Waals surface area contributed by atoms with E-state index in [9.17, 15) is 10.1 Å². The average Bonchev–Trinajstić information content (AvgIpc) is 2.62. The number of hydrogen-bond donors (Lipinski definition) is 2. The van der Waals surface area contributed by atoms with Gasteiger partial charge in [-0.05, 0) is 19.8 Å². The third kappa shape index (κ3) is 4.17. The molecule has 1 aromatic rings. The molecule has 118 valence electrons. The lowest BCUT2D eigenvalue weighted by atomic mass is 10.1. The van der Waals surface area contributed by atoms with Gasteiger partial charge in [0.25, 0.3) is 0 Å². The summed E-state index contributed by atoms with van der Waals surface area (Å²) in [4.78, 5) is 10.7. The van der Waals surface area contributed by atoms with E-state index in [4.69, 9.17) is 0 Å². The van der Waals surface area contributed by atoms with Crippen molar-refractivity contribution in [2.24, 2.45) is 7.05 Å². The lowest BCUT2D eigenvalue weighted by Gasteiger charge is -2.16. The van der Waals surface area contributed by atoms with Gasteiger partial charge in [0, 0.05) is 26.2 Å². The van der Waals surface area contributed by atoms with Gasteiger partial charge in [0.2, 0.25) is 5.82 Å². The van der Waals surface area contributed by atoms with Gasteiger partial charge in [-0.2, -0.15) is 5.10 Å². The van der Waals surface area contributed by atoms with E-state index in [0.717, 1.165) is 6.54 Å². The maximum absolute atomic E-state index is 11.1. The first-order valence-corrected chi connectivity index (χ1v) is 7.75. The minimum Gasteiger partial charge on any atom is -0.363 e. The molecular weight excluding hydrogens is 270 g/mol. The van der Waals surface area contributed by atoms with Gasteiger partial charge in [-0.3, -0.25) is 10.1 Å². The molecule has 1 aliphatic rings. The van der Waals surface area contributed by atoms with Crippen molar-refractivity contribution in [1.82, 2.24) is 15.1 Å². The number of nitrogens with zero attached hydrogens (tertiary/aromatic N) is 3. The Morgan fingerprint density at radius 2 is 1.95 bits per heavy atom. The Labute approximate surface area is 125 Å². The third-order valence-corrected chi connectivity index (χ3v) is 4.08. The van der Waals surface area contributed by atoms with Crippen molar-refractivity contribution in [2.45, 2.75) is 51.5 Å². The Hall–Kier alpha value is -1.63. The fourth-order valence-electron chi connectivity index (χ4n) is 3.00. The molecule has 0 amide bonds. The molecular formula is C14H25N5O2. The Kier molecular flexibility index (Phi) is 5.55. The van der Waals surface area contributed by atoms with Gasteiger partial charge in [-0.25, -0.2) is 4.68 Å². The highest BCUT2D eigenvalue weighted by Crippen LogP contribution is 2.26. The van der Waals surface area contributed by atoms with Crippen LogP contribution in [0.5, 0.6) is 0 Å². The molecule has 21 heavy (non-hydrogen) atoms. The average molecular weight is 295 g/mol. The van der Waals surface area contributed by atoms with E-state index in [1.54, 1.807) is 18.7 Å². The first-order valence-electron chi connectivity index (χ1n) is 7.75. The van der Waals surface area contributed by atoms with Crippen LogP contribution in [0.15, 0.2) is 0 Å². The van der Waals surface area contributed by atoms with Crippen LogP contribution in [0.2, 0.25) is 0 Å². The molecule has 0 bridgehead atoms. The second-order valence-electron chi connectivity index (χ2n) is 5.73. The molecule has 0 atom stereocenters. The first-order chi connectivity index (χ1) is 10.1. The fourth-order valence-corrected chi connectivity index (χ4v) is 3.00. The molecule has 0 aromatic carbocycles. The molecule has 0 radical (unpaired) electrons. The minimum absolute atomic E-state index is 0.0759. The summed E-state index contributed by atoms with van der Waals surface area (Å²) in [5.74, 6) is 0.486. The first kappa shape index (κ1) is 15.8. The molecule has 7 nitrogen and oxygen atoms in total. The molecule has 7 heteroatoms. The standard InChI is InChI=1S/C14H25N5O2/c1-11-13(19(20)21)14(18(2)17-11)16-10-9-15-12-7-5-3-4-6-8-12/h12,15-16H,3-10H2,1-2H3. The maximum atomic E-state index is 11.1. The fraction of sp³-hybridized carbons (Fsp3) is 0.786. The van der Waals surface area contributed by atoms with Crippen molar-refractivity contribution < 1.29 is 4.92 Å². The number of anilines is 1. The van der Waals surface area contributed by atoms with Crippen molar-refractivity contribution in [1.29, 1.82) is 0 Å². The predicted octanol–water partition coefficient (Wildman–Crippen LogP) is 2.36. The highest BCUT2D eigenvalue weighted by atomic mass is 16.6. The van der Waals surface area contributed by atoms with Crippen LogP contribution in [0.3, 0.4) is 0 Å². The van der Waals surface area contributed by atoms with Gasteiger partial charge in [0.15, 0.2) is 0 Å². The van der Waals surface area contributed by atoms with Crippen LogP contribution in [0.1, 0.15) is 44.2 Å². The van der Waals surface area contributed by atoms with E-state index in [0.29, 0.717) is 24.1 Å². The van der Waals surface area contributed by atoms with Crippen molar-refractivity contribution in [3.05, 3.63) is 15.8 Å². The summed E-state index contributed by atoms with van der Waals surface area (Å²) < 4.78 is 1.54. The number of nitrogens with one attached hydrogen (secondary N) is 2. The van der Waals surface area contributed by atoms with Crippen molar-refractivity contribution in [3.8, 4) is 0 Å². The Bertz CT molecular complexity index is 478. The molecule has 0 unspecified atom stereocenters. The highest BCUT2D eigenvalue weighted by molar-refractivity contribution is 5.59. The predicted molar refractivity (Wildman–Crippen MR) is 82.6 cm³/mol. The van der Waals surface area contributed by atoms with E-state index in [1.165, 1.54) is 38.5 Å². The van der Waals surface area contributed by atoms with Crippen molar-refractivity contribution >= 4 is 11.5 Å².